The van der Waals surface area contributed by atoms with Crippen LogP contribution in [0.1, 0.15) is 20.8 Å². The summed E-state index contributed by atoms with van der Waals surface area (Å²) in [6.45, 7) is 7.10. The Morgan fingerprint density at radius 3 is 1.94 bits per heavy atom. The summed E-state index contributed by atoms with van der Waals surface area (Å²) in [6.07, 6.45) is 0. The molecule has 0 N–H and O–H groups in total. The lowest BCUT2D eigenvalue weighted by Gasteiger charge is -2.33. The molecule has 0 bridgehead atoms. The van der Waals surface area contributed by atoms with Crippen molar-refractivity contribution < 1.29 is 22.4 Å². The Morgan fingerprint density at radius 1 is 1.00 bits per heavy atom. The largest absolute Gasteiger partial charge is 0.495 e. The van der Waals surface area contributed by atoms with Crippen LogP contribution in [0.15, 0.2) is 0 Å². The number of hydrogen-bond acceptors (Lipinski definition) is 5. The summed E-state index contributed by atoms with van der Waals surface area (Å²) in [6, 6.07) is 0. The van der Waals surface area contributed by atoms with Crippen molar-refractivity contribution in [3.8, 4) is 0 Å². The van der Waals surface area contributed by atoms with Crippen molar-refractivity contribution in [2.24, 2.45) is 0 Å². The summed E-state index contributed by atoms with van der Waals surface area (Å²) in [5.74, 6) is 0. The monoisotopic (exact) mass is 268 g/mol. The number of ether oxygens (including phenoxy) is 1. The molecule has 0 aliphatic heterocycles. The van der Waals surface area contributed by atoms with Gasteiger partial charge in [0, 0.05) is 21.3 Å². The van der Waals surface area contributed by atoms with E-state index in [1.54, 1.807) is 21.3 Å². The van der Waals surface area contributed by atoms with Crippen molar-refractivity contribution in [2.45, 2.75) is 26.4 Å². The first-order valence-corrected chi connectivity index (χ1v) is 9.89. The molecule has 0 aliphatic carbocycles. The molecule has 0 heterocycles. The van der Waals surface area contributed by atoms with Crippen LogP contribution >= 0.6 is 0 Å². The van der Waals surface area contributed by atoms with Crippen molar-refractivity contribution in [3.63, 3.8) is 0 Å². The predicted octanol–water partition coefficient (Wildman–Crippen LogP) is 0.277. The van der Waals surface area contributed by atoms with E-state index in [-0.39, 0.29) is 5.60 Å². The van der Waals surface area contributed by atoms with Gasteiger partial charge in [0.1, 0.15) is 0 Å². The van der Waals surface area contributed by atoms with Gasteiger partial charge in [-0.05, 0) is 20.8 Å². The SMILES string of the molecule is COCCO[SiH2][Si](OC)(OC)OC(C)(C)C. The van der Waals surface area contributed by atoms with Crippen LogP contribution < -0.4 is 0 Å². The van der Waals surface area contributed by atoms with Gasteiger partial charge in [-0.15, -0.1) is 0 Å². The minimum atomic E-state index is -2.57. The van der Waals surface area contributed by atoms with Crippen LogP contribution in [0.25, 0.3) is 0 Å². The zero-order valence-corrected chi connectivity index (χ0v) is 13.6. The molecule has 0 saturated carbocycles. The summed E-state index contributed by atoms with van der Waals surface area (Å²) in [4.78, 5) is 0. The van der Waals surface area contributed by atoms with Gasteiger partial charge in [0.2, 0.25) is 0 Å². The average Bonchev–Trinajstić information content (AvgIpc) is 2.21. The van der Waals surface area contributed by atoms with Gasteiger partial charge in [0.15, 0.2) is 0 Å². The predicted molar refractivity (Wildman–Crippen MR) is 67.0 cm³/mol. The second kappa shape index (κ2) is 7.54. The van der Waals surface area contributed by atoms with Crippen molar-refractivity contribution in [1.82, 2.24) is 0 Å². The van der Waals surface area contributed by atoms with Crippen LogP contribution in [0.2, 0.25) is 0 Å². The van der Waals surface area contributed by atoms with E-state index in [0.717, 1.165) is 0 Å². The van der Waals surface area contributed by atoms with Gasteiger partial charge in [-0.25, -0.2) is 0 Å². The van der Waals surface area contributed by atoms with Crippen molar-refractivity contribution >= 4 is 17.6 Å². The fourth-order valence-electron chi connectivity index (χ4n) is 1.12. The third kappa shape index (κ3) is 6.74. The van der Waals surface area contributed by atoms with Crippen LogP contribution in [0.4, 0.5) is 0 Å². The minimum Gasteiger partial charge on any atom is -0.416 e. The smallest absolute Gasteiger partial charge is 0.416 e. The molecule has 98 valence electrons. The maximum atomic E-state index is 5.89. The lowest BCUT2D eigenvalue weighted by Crippen LogP contribution is -2.55. The van der Waals surface area contributed by atoms with E-state index in [0.29, 0.717) is 13.2 Å². The summed E-state index contributed by atoms with van der Waals surface area (Å²) in [5.41, 5.74) is -0.282. The van der Waals surface area contributed by atoms with E-state index in [1.807, 2.05) is 20.8 Å². The zero-order chi connectivity index (χ0) is 12.7. The minimum absolute atomic E-state index is 0.282. The van der Waals surface area contributed by atoms with E-state index < -0.39 is 17.6 Å². The third-order valence-corrected chi connectivity index (χ3v) is 8.65. The Bertz CT molecular complexity index is 179. The molecule has 0 amide bonds. The molecular formula is C9H24O5Si2. The molecule has 7 heteroatoms. The lowest BCUT2D eigenvalue weighted by atomic mass is 10.2. The molecule has 0 aliphatic rings. The highest BCUT2D eigenvalue weighted by Gasteiger charge is 2.43. The van der Waals surface area contributed by atoms with Crippen molar-refractivity contribution in [1.29, 1.82) is 0 Å². The zero-order valence-electron chi connectivity index (χ0n) is 11.2. The average molecular weight is 268 g/mol. The van der Waals surface area contributed by atoms with Crippen LogP contribution in [-0.2, 0) is 22.4 Å². The first-order valence-electron chi connectivity index (χ1n) is 5.26. The first-order chi connectivity index (χ1) is 7.39. The van der Waals surface area contributed by atoms with E-state index in [9.17, 15) is 0 Å². The molecule has 0 unspecified atom stereocenters. The van der Waals surface area contributed by atoms with Crippen LogP contribution in [0, 0.1) is 0 Å². The molecule has 0 fully saturated rings. The maximum Gasteiger partial charge on any atom is 0.495 e. The number of rotatable bonds is 8. The van der Waals surface area contributed by atoms with Gasteiger partial charge in [0.05, 0.1) is 18.8 Å². The van der Waals surface area contributed by atoms with Gasteiger partial charge in [-0.3, -0.25) is 0 Å². The Hall–Kier alpha value is 0.234. The number of methoxy groups -OCH3 is 1. The molecule has 0 spiro atoms. The van der Waals surface area contributed by atoms with E-state index >= 15 is 0 Å². The fraction of sp³-hybridized carbons (Fsp3) is 1.00. The molecule has 0 saturated heterocycles. The molecular weight excluding hydrogens is 244 g/mol. The molecule has 5 nitrogen and oxygen atoms in total. The number of hydrogen-bond donors (Lipinski definition) is 0. The molecule has 0 aromatic rings. The third-order valence-electron chi connectivity index (χ3n) is 1.79. The Balaban J connectivity index is 4.21. The molecule has 0 atom stereocenters. The summed E-state index contributed by atoms with van der Waals surface area (Å²) < 4.78 is 27.2. The second-order valence-electron chi connectivity index (χ2n) is 4.35. The van der Waals surface area contributed by atoms with Gasteiger partial charge in [0.25, 0.3) is 9.28 Å². The highest BCUT2D eigenvalue weighted by Crippen LogP contribution is 2.17. The van der Waals surface area contributed by atoms with E-state index in [2.05, 4.69) is 0 Å². The molecule has 0 aromatic heterocycles. The highest BCUT2D eigenvalue weighted by atomic mass is 29.2. The molecule has 0 rings (SSSR count). The summed E-state index contributed by atoms with van der Waals surface area (Å²) in [7, 11) is 1.33. The van der Waals surface area contributed by atoms with Crippen LogP contribution in [0.5, 0.6) is 0 Å². The van der Waals surface area contributed by atoms with Crippen molar-refractivity contribution in [3.05, 3.63) is 0 Å². The van der Waals surface area contributed by atoms with Crippen LogP contribution in [-0.4, -0.2) is 57.7 Å². The molecule has 16 heavy (non-hydrogen) atoms. The summed E-state index contributed by atoms with van der Waals surface area (Å²) >= 11 is 0. The normalized spacial score (nSPS) is 13.9. The van der Waals surface area contributed by atoms with Gasteiger partial charge >= 0.3 is 8.32 Å². The first kappa shape index (κ1) is 16.2. The Labute approximate surface area is 101 Å². The lowest BCUT2D eigenvalue weighted by molar-refractivity contribution is 0.0285. The van der Waals surface area contributed by atoms with Gasteiger partial charge in [-0.2, -0.15) is 0 Å². The van der Waals surface area contributed by atoms with E-state index in [4.69, 9.17) is 22.4 Å². The topological polar surface area (TPSA) is 46.2 Å². The van der Waals surface area contributed by atoms with Gasteiger partial charge in [-0.1, -0.05) is 0 Å². The standard InChI is InChI=1S/C9H24O5Si2/c1-9(2,3)14-16(11-5,12-6)15-13-8-7-10-4/h7-8,15H2,1-6H3. The van der Waals surface area contributed by atoms with E-state index in [1.165, 1.54) is 0 Å². The fourth-order valence-corrected chi connectivity index (χ4v) is 6.56. The molecule has 0 aromatic carbocycles. The van der Waals surface area contributed by atoms with Crippen LogP contribution in [0.3, 0.4) is 0 Å². The van der Waals surface area contributed by atoms with Gasteiger partial charge < -0.3 is 22.4 Å². The second-order valence-corrected chi connectivity index (χ2v) is 10.9. The quantitative estimate of drug-likeness (QED) is 0.467. The maximum absolute atomic E-state index is 5.89. The Kier molecular flexibility index (Phi) is 7.65. The Morgan fingerprint density at radius 2 is 1.56 bits per heavy atom. The highest BCUT2D eigenvalue weighted by molar-refractivity contribution is 7.12. The summed E-state index contributed by atoms with van der Waals surface area (Å²) in [5, 5.41) is 0. The molecule has 0 radical (unpaired) electrons. The van der Waals surface area contributed by atoms with Crippen molar-refractivity contribution in [2.75, 3.05) is 34.5 Å².